The Kier molecular flexibility index (Phi) is 6.51. The summed E-state index contributed by atoms with van der Waals surface area (Å²) in [4.78, 5) is 4.59. The molecule has 144 valence electrons. The summed E-state index contributed by atoms with van der Waals surface area (Å²) in [6.45, 7) is 4.21. The van der Waals surface area contributed by atoms with Crippen molar-refractivity contribution in [2.45, 2.75) is 58.2 Å². The van der Waals surface area contributed by atoms with Gasteiger partial charge in [-0.2, -0.15) is 0 Å². The standard InChI is InChI=1S/C23H29NO3/c1-3-4-6-9-17-12-20(26)23-19(24-15-16(2)25)14-21(27-22(23)13-17)18-10-7-5-8-11-18/h5,7-8,10-13,16,21,25-26H,3-4,6,9,14-15H2,1-2H3. The van der Waals surface area contributed by atoms with E-state index in [4.69, 9.17) is 4.74 Å². The van der Waals surface area contributed by atoms with Gasteiger partial charge in [0.25, 0.3) is 0 Å². The molecule has 3 rings (SSSR count). The number of aromatic hydroxyl groups is 1. The van der Waals surface area contributed by atoms with Crippen molar-refractivity contribution in [3.05, 3.63) is 59.2 Å². The molecule has 0 bridgehead atoms. The quantitative estimate of drug-likeness (QED) is 0.690. The lowest BCUT2D eigenvalue weighted by molar-refractivity contribution is 0.198. The number of aliphatic imine (C=N–C) groups is 1. The van der Waals surface area contributed by atoms with E-state index in [9.17, 15) is 10.2 Å². The Balaban J connectivity index is 1.96. The first kappa shape index (κ1) is 19.4. The molecule has 0 amide bonds. The lowest BCUT2D eigenvalue weighted by Crippen LogP contribution is -2.22. The van der Waals surface area contributed by atoms with E-state index in [-0.39, 0.29) is 11.9 Å². The van der Waals surface area contributed by atoms with Crippen molar-refractivity contribution in [2.75, 3.05) is 6.54 Å². The van der Waals surface area contributed by atoms with Crippen LogP contribution >= 0.6 is 0 Å². The van der Waals surface area contributed by atoms with Crippen LogP contribution in [0, 0.1) is 0 Å². The number of phenols is 1. The first-order valence-electron chi connectivity index (χ1n) is 9.87. The second-order valence-electron chi connectivity index (χ2n) is 7.30. The fourth-order valence-corrected chi connectivity index (χ4v) is 3.47. The van der Waals surface area contributed by atoms with Gasteiger partial charge in [-0.1, -0.05) is 50.1 Å². The van der Waals surface area contributed by atoms with Gasteiger partial charge in [-0.3, -0.25) is 4.99 Å². The monoisotopic (exact) mass is 367 g/mol. The number of unbranched alkanes of at least 4 members (excludes halogenated alkanes) is 2. The highest BCUT2D eigenvalue weighted by molar-refractivity contribution is 6.06. The molecule has 0 aromatic heterocycles. The molecule has 2 aromatic rings. The summed E-state index contributed by atoms with van der Waals surface area (Å²) in [6.07, 6.45) is 4.28. The normalized spacial score (nSPS) is 18.8. The Morgan fingerprint density at radius 1 is 1.19 bits per heavy atom. The van der Waals surface area contributed by atoms with Crippen LogP contribution in [0.25, 0.3) is 0 Å². The van der Waals surface area contributed by atoms with Crippen LogP contribution in [0.5, 0.6) is 11.5 Å². The molecule has 0 spiro atoms. The highest BCUT2D eigenvalue weighted by Crippen LogP contribution is 2.40. The molecule has 27 heavy (non-hydrogen) atoms. The number of aryl methyl sites for hydroxylation is 1. The maximum Gasteiger partial charge on any atom is 0.133 e. The third-order valence-corrected chi connectivity index (χ3v) is 4.86. The van der Waals surface area contributed by atoms with Gasteiger partial charge in [-0.25, -0.2) is 0 Å². The van der Waals surface area contributed by atoms with Gasteiger partial charge in [0.1, 0.15) is 17.6 Å². The number of rotatable bonds is 7. The van der Waals surface area contributed by atoms with E-state index in [2.05, 4.69) is 11.9 Å². The number of aliphatic hydroxyl groups excluding tert-OH is 1. The van der Waals surface area contributed by atoms with E-state index < -0.39 is 6.10 Å². The minimum Gasteiger partial charge on any atom is -0.507 e. The highest BCUT2D eigenvalue weighted by atomic mass is 16.5. The second-order valence-corrected chi connectivity index (χ2v) is 7.30. The minimum atomic E-state index is -0.519. The van der Waals surface area contributed by atoms with Crippen LogP contribution in [-0.4, -0.2) is 28.6 Å². The van der Waals surface area contributed by atoms with E-state index in [1.165, 1.54) is 12.8 Å². The zero-order chi connectivity index (χ0) is 19.2. The third kappa shape index (κ3) is 4.89. The summed E-state index contributed by atoms with van der Waals surface area (Å²) in [5.74, 6) is 0.904. The van der Waals surface area contributed by atoms with Gasteiger partial charge in [-0.05, 0) is 43.0 Å². The van der Waals surface area contributed by atoms with Crippen molar-refractivity contribution in [3.63, 3.8) is 0 Å². The number of fused-ring (bicyclic) bond motifs is 1. The molecule has 1 aliphatic heterocycles. The number of ether oxygens (including phenoxy) is 1. The largest absolute Gasteiger partial charge is 0.507 e. The molecule has 4 nitrogen and oxygen atoms in total. The van der Waals surface area contributed by atoms with Crippen LogP contribution in [0.1, 0.15) is 62.3 Å². The number of benzene rings is 2. The Morgan fingerprint density at radius 3 is 2.67 bits per heavy atom. The fourth-order valence-electron chi connectivity index (χ4n) is 3.47. The van der Waals surface area contributed by atoms with Gasteiger partial charge < -0.3 is 14.9 Å². The Morgan fingerprint density at radius 2 is 1.96 bits per heavy atom. The van der Waals surface area contributed by atoms with Crippen LogP contribution in [0.15, 0.2) is 47.5 Å². The van der Waals surface area contributed by atoms with Crippen LogP contribution in [0.4, 0.5) is 0 Å². The Labute approximate surface area is 161 Å². The summed E-state index contributed by atoms with van der Waals surface area (Å²) in [7, 11) is 0. The second kappa shape index (κ2) is 9.05. The van der Waals surface area contributed by atoms with Crippen molar-refractivity contribution < 1.29 is 14.9 Å². The zero-order valence-corrected chi connectivity index (χ0v) is 16.2. The molecule has 0 saturated heterocycles. The van der Waals surface area contributed by atoms with Crippen molar-refractivity contribution in [1.82, 2.24) is 0 Å². The summed E-state index contributed by atoms with van der Waals surface area (Å²) < 4.78 is 6.28. The zero-order valence-electron chi connectivity index (χ0n) is 16.2. The smallest absolute Gasteiger partial charge is 0.133 e. The van der Waals surface area contributed by atoms with E-state index in [1.54, 1.807) is 6.92 Å². The maximum atomic E-state index is 10.7. The Hall–Kier alpha value is -2.33. The number of hydrogen-bond acceptors (Lipinski definition) is 4. The van der Waals surface area contributed by atoms with E-state index in [0.717, 1.165) is 29.7 Å². The predicted molar refractivity (Wildman–Crippen MR) is 109 cm³/mol. The fraction of sp³-hybridized carbons (Fsp3) is 0.435. The van der Waals surface area contributed by atoms with Crippen molar-refractivity contribution in [3.8, 4) is 11.5 Å². The molecular weight excluding hydrogens is 338 g/mol. The molecule has 4 heteroatoms. The summed E-state index contributed by atoms with van der Waals surface area (Å²) in [5.41, 5.74) is 3.64. The van der Waals surface area contributed by atoms with Crippen molar-refractivity contribution >= 4 is 5.71 Å². The van der Waals surface area contributed by atoms with Crippen LogP contribution in [-0.2, 0) is 6.42 Å². The van der Waals surface area contributed by atoms with E-state index in [1.807, 2.05) is 42.5 Å². The lowest BCUT2D eigenvalue weighted by Gasteiger charge is -2.29. The predicted octanol–water partition coefficient (Wildman–Crippen LogP) is 4.82. The molecule has 2 atom stereocenters. The number of phenolic OH excluding ortho intramolecular Hbond substituents is 1. The first-order valence-corrected chi connectivity index (χ1v) is 9.87. The number of nitrogens with zero attached hydrogens (tertiary/aromatic N) is 1. The van der Waals surface area contributed by atoms with Gasteiger partial charge >= 0.3 is 0 Å². The maximum absolute atomic E-state index is 10.7. The average molecular weight is 367 g/mol. The lowest BCUT2D eigenvalue weighted by atomic mass is 9.93. The minimum absolute atomic E-state index is 0.142. The van der Waals surface area contributed by atoms with E-state index >= 15 is 0 Å². The number of aliphatic hydroxyl groups is 1. The molecule has 0 saturated carbocycles. The van der Waals surface area contributed by atoms with Crippen LogP contribution in [0.2, 0.25) is 0 Å². The molecule has 0 fully saturated rings. The van der Waals surface area contributed by atoms with Crippen LogP contribution in [0.3, 0.4) is 0 Å². The number of hydrogen-bond donors (Lipinski definition) is 2. The molecule has 0 aliphatic carbocycles. The Bertz CT molecular complexity index is 784. The highest BCUT2D eigenvalue weighted by Gasteiger charge is 2.29. The summed E-state index contributed by atoms with van der Waals surface area (Å²) in [5, 5.41) is 20.3. The molecule has 0 radical (unpaired) electrons. The summed E-state index contributed by atoms with van der Waals surface area (Å²) >= 11 is 0. The molecule has 1 heterocycles. The summed E-state index contributed by atoms with van der Waals surface area (Å²) in [6, 6.07) is 14.0. The first-order chi connectivity index (χ1) is 13.1. The van der Waals surface area contributed by atoms with Gasteiger partial charge in [0.2, 0.25) is 0 Å². The molecule has 2 N–H and O–H groups in total. The molecular formula is C23H29NO3. The molecule has 1 aliphatic rings. The van der Waals surface area contributed by atoms with Crippen LogP contribution < -0.4 is 4.74 Å². The van der Waals surface area contributed by atoms with Gasteiger partial charge in [0, 0.05) is 6.42 Å². The van der Waals surface area contributed by atoms with Gasteiger partial charge in [0.15, 0.2) is 0 Å². The van der Waals surface area contributed by atoms with Gasteiger partial charge in [-0.15, -0.1) is 0 Å². The SMILES string of the molecule is CCCCCc1cc(O)c2c(c1)OC(c1ccccc1)CC2=NCC(C)O. The van der Waals surface area contributed by atoms with Gasteiger partial charge in [0.05, 0.1) is 23.9 Å². The van der Waals surface area contributed by atoms with Crippen molar-refractivity contribution in [2.24, 2.45) is 4.99 Å². The molecule has 2 unspecified atom stereocenters. The topological polar surface area (TPSA) is 62.0 Å². The average Bonchev–Trinajstić information content (AvgIpc) is 2.66. The molecule has 2 aromatic carbocycles. The third-order valence-electron chi connectivity index (χ3n) is 4.86. The van der Waals surface area contributed by atoms with E-state index in [0.29, 0.717) is 24.3 Å². The van der Waals surface area contributed by atoms with Crippen molar-refractivity contribution in [1.29, 1.82) is 0 Å².